The molecule has 4 aliphatic rings. The summed E-state index contributed by atoms with van der Waals surface area (Å²) in [4.78, 5) is 12.6. The minimum absolute atomic E-state index is 0.103. The number of ether oxygens (including phenoxy) is 1. The Kier molecular flexibility index (Phi) is 10.8. The molecule has 0 unspecified atom stereocenters. The van der Waals surface area contributed by atoms with Crippen molar-refractivity contribution in [1.82, 2.24) is 0 Å². The molecule has 0 amide bonds. The number of aliphatic hydroxyl groups is 1. The fourth-order valence-corrected chi connectivity index (χ4v) is 9.66. The first-order valence-corrected chi connectivity index (χ1v) is 17.7. The van der Waals surface area contributed by atoms with Crippen LogP contribution in [0.4, 0.5) is 0 Å². The van der Waals surface area contributed by atoms with Crippen LogP contribution in [0.5, 0.6) is 0 Å². The molecule has 2 bridgehead atoms. The molecule has 5 rings (SSSR count). The maximum absolute atomic E-state index is 12.6. The Hall–Kier alpha value is -1.81. The fraction of sp³-hybridized carbons (Fsp3) is 0.763. The summed E-state index contributed by atoms with van der Waals surface area (Å²) in [7, 11) is 0. The van der Waals surface area contributed by atoms with E-state index in [0.717, 1.165) is 57.1 Å². The van der Waals surface area contributed by atoms with E-state index in [9.17, 15) is 9.90 Å². The first-order chi connectivity index (χ1) is 20.4. The van der Waals surface area contributed by atoms with Gasteiger partial charge in [0.1, 0.15) is 18.0 Å². The van der Waals surface area contributed by atoms with E-state index in [2.05, 4.69) is 44.2 Å². The minimum atomic E-state index is -0.866. The monoisotopic (exact) mass is 578 g/mol. The molecule has 4 nitrogen and oxygen atoms in total. The molecule has 6 atom stereocenters. The van der Waals surface area contributed by atoms with Crippen molar-refractivity contribution < 1.29 is 19.1 Å². The predicted octanol–water partition coefficient (Wildman–Crippen LogP) is 10.3. The summed E-state index contributed by atoms with van der Waals surface area (Å²) in [6, 6.07) is 2.17. The highest BCUT2D eigenvalue weighted by atomic mass is 16.5. The number of furan rings is 1. The summed E-state index contributed by atoms with van der Waals surface area (Å²) in [5.74, 6) is 2.21. The van der Waals surface area contributed by atoms with Gasteiger partial charge in [-0.2, -0.15) is 0 Å². The molecule has 1 N–H and O–H groups in total. The molecule has 42 heavy (non-hydrogen) atoms. The molecule has 1 aromatic heterocycles. The second-order valence-corrected chi connectivity index (χ2v) is 14.7. The normalized spacial score (nSPS) is 33.0. The molecule has 1 spiro atoms. The third-order valence-electron chi connectivity index (χ3n) is 11.9. The van der Waals surface area contributed by atoms with Gasteiger partial charge in [-0.15, -0.1) is 0 Å². The fourth-order valence-electron chi connectivity index (χ4n) is 9.66. The van der Waals surface area contributed by atoms with E-state index in [0.29, 0.717) is 18.3 Å². The quantitative estimate of drug-likeness (QED) is 0.113. The Bertz CT molecular complexity index is 1070. The van der Waals surface area contributed by atoms with Gasteiger partial charge in [0.05, 0.1) is 6.26 Å². The number of hydrogen-bond donors (Lipinski definition) is 1. The molecule has 0 aliphatic heterocycles. The summed E-state index contributed by atoms with van der Waals surface area (Å²) < 4.78 is 11.5. The Labute approximate surface area is 255 Å². The summed E-state index contributed by atoms with van der Waals surface area (Å²) in [6.45, 7) is 4.90. The number of carbonyl (C=O) groups excluding carboxylic acids is 1. The van der Waals surface area contributed by atoms with Crippen molar-refractivity contribution in [3.8, 4) is 0 Å². The molecule has 3 saturated carbocycles. The number of allylic oxidation sites excluding steroid dienone is 3. The van der Waals surface area contributed by atoms with Crippen LogP contribution < -0.4 is 0 Å². The summed E-state index contributed by atoms with van der Waals surface area (Å²) >= 11 is 0. The third kappa shape index (κ3) is 6.95. The first kappa shape index (κ1) is 31.6. The second kappa shape index (κ2) is 14.3. The second-order valence-electron chi connectivity index (χ2n) is 14.7. The number of carbonyl (C=O) groups is 1. The van der Waals surface area contributed by atoms with Gasteiger partial charge >= 0.3 is 5.97 Å². The summed E-state index contributed by atoms with van der Waals surface area (Å²) in [6.07, 6.45) is 34.2. The number of rotatable bonds is 17. The lowest BCUT2D eigenvalue weighted by atomic mass is 9.46. The van der Waals surface area contributed by atoms with Gasteiger partial charge in [-0.3, -0.25) is 4.79 Å². The Morgan fingerprint density at radius 2 is 1.71 bits per heavy atom. The molecule has 4 heteroatoms. The van der Waals surface area contributed by atoms with Gasteiger partial charge in [0.15, 0.2) is 0 Å². The SMILES string of the molecule is CCCCCCCC/C=C/CCCCCCCC(=O)OC[C@]1(O)C[C@@]23CC[C@H]4c5ccoc5C=C[C@]4(C)[C@H]2CC[C@H]1C3. The minimum Gasteiger partial charge on any atom is -0.465 e. The van der Waals surface area contributed by atoms with Gasteiger partial charge in [-0.25, -0.2) is 0 Å². The standard InChI is InChI=1S/C38H58O4/c1-3-4-5-6-7-8-9-10-11-12-13-14-15-16-17-18-35(39)42-29-38(40)28-37-25-21-32-31-23-26-41-33(31)22-24-36(32,2)34(37)20-19-30(38)27-37/h10-11,22-24,26,30,32,34,40H,3-9,12-21,25,27-29H2,1-2H3/b11-10+/t30-,32-,34+,36-,37-,38+/m0/s1. The molecule has 4 aliphatic carbocycles. The van der Waals surface area contributed by atoms with Crippen molar-refractivity contribution in [2.24, 2.45) is 22.7 Å². The smallest absolute Gasteiger partial charge is 0.305 e. The van der Waals surface area contributed by atoms with Crippen molar-refractivity contribution in [3.63, 3.8) is 0 Å². The first-order valence-electron chi connectivity index (χ1n) is 17.7. The maximum Gasteiger partial charge on any atom is 0.305 e. The van der Waals surface area contributed by atoms with E-state index in [1.807, 2.05) is 6.26 Å². The van der Waals surface area contributed by atoms with Crippen molar-refractivity contribution >= 4 is 12.0 Å². The molecule has 1 aromatic rings. The Morgan fingerprint density at radius 3 is 2.48 bits per heavy atom. The zero-order chi connectivity index (χ0) is 29.5. The van der Waals surface area contributed by atoms with Crippen LogP contribution in [0, 0.1) is 22.7 Å². The molecule has 3 fully saturated rings. The number of hydrogen-bond acceptors (Lipinski definition) is 4. The van der Waals surface area contributed by atoms with Gasteiger partial charge in [0, 0.05) is 12.0 Å². The van der Waals surface area contributed by atoms with Crippen LogP contribution in [0.3, 0.4) is 0 Å². The lowest BCUT2D eigenvalue weighted by molar-refractivity contribution is -0.154. The molecule has 0 saturated heterocycles. The average Bonchev–Trinajstić information content (AvgIpc) is 3.54. The Morgan fingerprint density at radius 1 is 1.00 bits per heavy atom. The van der Waals surface area contributed by atoms with Crippen molar-refractivity contribution in [3.05, 3.63) is 41.9 Å². The van der Waals surface area contributed by atoms with E-state index in [-0.39, 0.29) is 29.3 Å². The lowest BCUT2D eigenvalue weighted by Gasteiger charge is -2.58. The van der Waals surface area contributed by atoms with E-state index in [1.165, 1.54) is 76.2 Å². The highest BCUT2D eigenvalue weighted by molar-refractivity contribution is 5.69. The van der Waals surface area contributed by atoms with Gasteiger partial charge in [0.25, 0.3) is 0 Å². The van der Waals surface area contributed by atoms with E-state index in [1.54, 1.807) is 0 Å². The van der Waals surface area contributed by atoms with Crippen LogP contribution >= 0.6 is 0 Å². The maximum atomic E-state index is 12.6. The van der Waals surface area contributed by atoms with Gasteiger partial charge in [-0.05, 0) is 111 Å². The van der Waals surface area contributed by atoms with E-state index in [4.69, 9.17) is 9.15 Å². The van der Waals surface area contributed by atoms with Crippen LogP contribution in [-0.4, -0.2) is 23.3 Å². The highest BCUT2D eigenvalue weighted by Crippen LogP contribution is 2.71. The molecule has 0 radical (unpaired) electrons. The summed E-state index contributed by atoms with van der Waals surface area (Å²) in [5, 5.41) is 11.8. The third-order valence-corrected chi connectivity index (χ3v) is 11.9. The molecular formula is C38H58O4. The van der Waals surface area contributed by atoms with Crippen molar-refractivity contribution in [1.29, 1.82) is 0 Å². The molecule has 0 aromatic carbocycles. The Balaban J connectivity index is 0.966. The van der Waals surface area contributed by atoms with Crippen LogP contribution in [0.1, 0.15) is 160 Å². The zero-order valence-corrected chi connectivity index (χ0v) is 26.7. The van der Waals surface area contributed by atoms with Gasteiger partial charge in [-0.1, -0.05) is 83.4 Å². The highest BCUT2D eigenvalue weighted by Gasteiger charge is 2.65. The number of fused-ring (bicyclic) bond motifs is 5. The molecule has 234 valence electrons. The van der Waals surface area contributed by atoms with Crippen LogP contribution in [-0.2, 0) is 9.53 Å². The number of esters is 1. The lowest BCUT2D eigenvalue weighted by Crippen LogP contribution is -2.49. The van der Waals surface area contributed by atoms with Crippen molar-refractivity contribution in [2.75, 3.05) is 6.61 Å². The van der Waals surface area contributed by atoms with Crippen LogP contribution in [0.25, 0.3) is 6.08 Å². The summed E-state index contributed by atoms with van der Waals surface area (Å²) in [5.41, 5.74) is 0.765. The van der Waals surface area contributed by atoms with Gasteiger partial charge in [0.2, 0.25) is 0 Å². The largest absolute Gasteiger partial charge is 0.465 e. The predicted molar refractivity (Wildman–Crippen MR) is 171 cm³/mol. The van der Waals surface area contributed by atoms with Crippen LogP contribution in [0.2, 0.25) is 0 Å². The van der Waals surface area contributed by atoms with E-state index >= 15 is 0 Å². The molecule has 1 heterocycles. The average molecular weight is 579 g/mol. The van der Waals surface area contributed by atoms with E-state index < -0.39 is 5.60 Å². The molecular weight excluding hydrogens is 520 g/mol. The number of unbranched alkanes of at least 4 members (excludes halogenated alkanes) is 11. The zero-order valence-electron chi connectivity index (χ0n) is 26.7. The van der Waals surface area contributed by atoms with Crippen molar-refractivity contribution in [2.45, 2.75) is 154 Å². The van der Waals surface area contributed by atoms with Gasteiger partial charge < -0.3 is 14.3 Å². The topological polar surface area (TPSA) is 59.7 Å². The van der Waals surface area contributed by atoms with Crippen LogP contribution in [0.15, 0.2) is 35.0 Å².